The molecule has 0 radical (unpaired) electrons. The summed E-state index contributed by atoms with van der Waals surface area (Å²) in [5.41, 5.74) is 0. The molecule has 2 aliphatic carbocycles. The number of carbonyl (C=O) groups excluding carboxylic acids is 2. The van der Waals surface area contributed by atoms with E-state index in [0.29, 0.717) is 24.4 Å². The molecule has 12 heavy (non-hydrogen) atoms. The van der Waals surface area contributed by atoms with Crippen LogP contribution in [0.4, 0.5) is 0 Å². The lowest BCUT2D eigenvalue weighted by atomic mass is 9.90. The van der Waals surface area contributed by atoms with Crippen molar-refractivity contribution < 1.29 is 9.59 Å². The number of rotatable bonds is 0. The lowest BCUT2D eigenvalue weighted by Gasteiger charge is -2.13. The van der Waals surface area contributed by atoms with Gasteiger partial charge >= 0.3 is 0 Å². The van der Waals surface area contributed by atoms with Gasteiger partial charge in [-0.15, -0.1) is 0 Å². The summed E-state index contributed by atoms with van der Waals surface area (Å²) in [5.74, 6) is 1.29. The van der Waals surface area contributed by atoms with Gasteiger partial charge in [-0.3, -0.25) is 9.59 Å². The van der Waals surface area contributed by atoms with E-state index in [0.717, 1.165) is 25.7 Å². The highest BCUT2D eigenvalue weighted by atomic mass is 16.1. The summed E-state index contributed by atoms with van der Waals surface area (Å²) in [4.78, 5) is 22.8. The van der Waals surface area contributed by atoms with E-state index in [1.54, 1.807) is 0 Å². The smallest absolute Gasteiger partial charge is 0.136 e. The van der Waals surface area contributed by atoms with Crippen LogP contribution in [-0.2, 0) is 9.59 Å². The largest absolute Gasteiger partial charge is 0.299 e. The van der Waals surface area contributed by atoms with Crippen LogP contribution < -0.4 is 0 Å². The van der Waals surface area contributed by atoms with Gasteiger partial charge in [0.15, 0.2) is 0 Å². The fraction of sp³-hybridized carbons (Fsp3) is 0.800. The van der Waals surface area contributed by atoms with Gasteiger partial charge in [-0.1, -0.05) is 0 Å². The van der Waals surface area contributed by atoms with E-state index in [4.69, 9.17) is 0 Å². The summed E-state index contributed by atoms with van der Waals surface area (Å²) in [5, 5.41) is 0. The lowest BCUT2D eigenvalue weighted by molar-refractivity contribution is -0.126. The molecule has 2 atom stereocenters. The van der Waals surface area contributed by atoms with Gasteiger partial charge in [-0.2, -0.15) is 0 Å². The van der Waals surface area contributed by atoms with Gasteiger partial charge in [-0.05, 0) is 25.7 Å². The number of hydrogen-bond acceptors (Lipinski definition) is 2. The standard InChI is InChI=1S/C10H14O2/c11-9-2-1-3-10(12)8-5-4-7(9)6-8/h7-8H,1-6H2. The van der Waals surface area contributed by atoms with E-state index < -0.39 is 0 Å². The first kappa shape index (κ1) is 7.96. The van der Waals surface area contributed by atoms with Crippen molar-refractivity contribution >= 4 is 11.6 Å². The van der Waals surface area contributed by atoms with Crippen LogP contribution in [0.2, 0.25) is 0 Å². The molecule has 0 spiro atoms. The zero-order chi connectivity index (χ0) is 8.55. The van der Waals surface area contributed by atoms with E-state index in [-0.39, 0.29) is 11.8 Å². The first-order valence-electron chi connectivity index (χ1n) is 4.83. The molecule has 0 aliphatic heterocycles. The van der Waals surface area contributed by atoms with E-state index in [1.165, 1.54) is 0 Å². The number of ketones is 2. The van der Waals surface area contributed by atoms with Gasteiger partial charge in [0.05, 0.1) is 0 Å². The number of carbonyl (C=O) groups is 2. The molecule has 2 aliphatic rings. The van der Waals surface area contributed by atoms with Crippen LogP contribution in [0.15, 0.2) is 0 Å². The maximum atomic E-state index is 11.4. The molecule has 0 aromatic rings. The van der Waals surface area contributed by atoms with Crippen molar-refractivity contribution in [1.82, 2.24) is 0 Å². The monoisotopic (exact) mass is 166 g/mol. The van der Waals surface area contributed by atoms with Crippen LogP contribution in [-0.4, -0.2) is 11.6 Å². The number of Topliss-reactive ketones (excluding diaryl/α,β-unsaturated/α-hetero) is 2. The zero-order valence-corrected chi connectivity index (χ0v) is 7.21. The Balaban J connectivity index is 2.12. The molecule has 2 saturated carbocycles. The normalized spacial score (nSPS) is 36.3. The number of fused-ring (bicyclic) bond motifs is 2. The van der Waals surface area contributed by atoms with Crippen molar-refractivity contribution in [3.8, 4) is 0 Å². The first-order valence-corrected chi connectivity index (χ1v) is 4.83. The maximum absolute atomic E-state index is 11.4. The van der Waals surface area contributed by atoms with Crippen LogP contribution in [0.25, 0.3) is 0 Å². The first-order chi connectivity index (χ1) is 5.77. The SMILES string of the molecule is O=C1CCCC(=O)C2CCC1C2. The molecule has 2 fully saturated rings. The Hall–Kier alpha value is -0.660. The van der Waals surface area contributed by atoms with Crippen molar-refractivity contribution in [1.29, 1.82) is 0 Å². The molecule has 2 bridgehead atoms. The Labute approximate surface area is 72.3 Å². The summed E-state index contributed by atoms with van der Waals surface area (Å²) in [7, 11) is 0. The maximum Gasteiger partial charge on any atom is 0.136 e. The Morgan fingerprint density at radius 3 is 1.92 bits per heavy atom. The summed E-state index contributed by atoms with van der Waals surface area (Å²) < 4.78 is 0. The van der Waals surface area contributed by atoms with Crippen molar-refractivity contribution in [2.45, 2.75) is 38.5 Å². The van der Waals surface area contributed by atoms with Crippen LogP contribution >= 0.6 is 0 Å². The predicted molar refractivity (Wildman–Crippen MR) is 44.7 cm³/mol. The van der Waals surface area contributed by atoms with Gasteiger partial charge in [0.1, 0.15) is 11.6 Å². The lowest BCUT2D eigenvalue weighted by Crippen LogP contribution is -2.18. The minimum atomic E-state index is 0.235. The molecule has 66 valence electrons. The summed E-state index contributed by atoms with van der Waals surface area (Å²) in [6, 6.07) is 0. The molecular weight excluding hydrogens is 152 g/mol. The van der Waals surface area contributed by atoms with Crippen LogP contribution in [0.5, 0.6) is 0 Å². The predicted octanol–water partition coefficient (Wildman–Crippen LogP) is 1.72. The van der Waals surface area contributed by atoms with Crippen molar-refractivity contribution in [2.75, 3.05) is 0 Å². The molecule has 0 aromatic carbocycles. The van der Waals surface area contributed by atoms with Crippen molar-refractivity contribution in [2.24, 2.45) is 11.8 Å². The van der Waals surface area contributed by atoms with Gasteiger partial charge in [-0.25, -0.2) is 0 Å². The third-order valence-corrected chi connectivity index (χ3v) is 3.19. The molecule has 2 nitrogen and oxygen atoms in total. The zero-order valence-electron chi connectivity index (χ0n) is 7.21. The fourth-order valence-corrected chi connectivity index (χ4v) is 2.41. The van der Waals surface area contributed by atoms with Gasteiger partial charge < -0.3 is 0 Å². The van der Waals surface area contributed by atoms with Crippen molar-refractivity contribution in [3.05, 3.63) is 0 Å². The highest BCUT2D eigenvalue weighted by Gasteiger charge is 2.34. The van der Waals surface area contributed by atoms with E-state index in [1.807, 2.05) is 0 Å². The van der Waals surface area contributed by atoms with Crippen LogP contribution in [0, 0.1) is 11.8 Å². The average Bonchev–Trinajstić information content (AvgIpc) is 2.51. The average molecular weight is 166 g/mol. The minimum absolute atomic E-state index is 0.235. The topological polar surface area (TPSA) is 34.1 Å². The van der Waals surface area contributed by atoms with E-state index in [9.17, 15) is 9.59 Å². The highest BCUT2D eigenvalue weighted by molar-refractivity contribution is 5.87. The summed E-state index contributed by atoms with van der Waals surface area (Å²) in [6.07, 6.45) is 4.87. The molecule has 0 aromatic heterocycles. The van der Waals surface area contributed by atoms with Gasteiger partial charge in [0.25, 0.3) is 0 Å². The Morgan fingerprint density at radius 1 is 0.917 bits per heavy atom. The Morgan fingerprint density at radius 2 is 1.42 bits per heavy atom. The van der Waals surface area contributed by atoms with E-state index in [2.05, 4.69) is 0 Å². The quantitative estimate of drug-likeness (QED) is 0.549. The fourth-order valence-electron chi connectivity index (χ4n) is 2.41. The Kier molecular flexibility index (Phi) is 1.99. The second-order valence-corrected chi connectivity index (χ2v) is 3.99. The second kappa shape index (κ2) is 3.00. The van der Waals surface area contributed by atoms with Crippen molar-refractivity contribution in [3.63, 3.8) is 0 Å². The highest BCUT2D eigenvalue weighted by Crippen LogP contribution is 2.35. The molecule has 0 N–H and O–H groups in total. The minimum Gasteiger partial charge on any atom is -0.299 e. The third-order valence-electron chi connectivity index (χ3n) is 3.19. The summed E-state index contributed by atoms with van der Waals surface area (Å²) >= 11 is 0. The molecule has 0 heterocycles. The molecule has 0 saturated heterocycles. The molecule has 0 amide bonds. The molecular formula is C10H14O2. The van der Waals surface area contributed by atoms with E-state index >= 15 is 0 Å². The summed E-state index contributed by atoms with van der Waals surface area (Å²) in [6.45, 7) is 0. The second-order valence-electron chi connectivity index (χ2n) is 3.99. The third kappa shape index (κ3) is 1.30. The Bertz CT molecular complexity index is 198. The molecule has 2 heteroatoms. The van der Waals surface area contributed by atoms with Gasteiger partial charge in [0, 0.05) is 24.7 Å². The van der Waals surface area contributed by atoms with Crippen LogP contribution in [0.1, 0.15) is 38.5 Å². The van der Waals surface area contributed by atoms with Gasteiger partial charge in [0.2, 0.25) is 0 Å². The van der Waals surface area contributed by atoms with Crippen LogP contribution in [0.3, 0.4) is 0 Å². The molecule has 2 rings (SSSR count). The molecule has 2 unspecified atom stereocenters. The number of hydrogen-bond donors (Lipinski definition) is 0.